The molecule has 0 radical (unpaired) electrons. The number of hydrogen-bond acceptors (Lipinski definition) is 6. The van der Waals surface area contributed by atoms with Gasteiger partial charge in [-0.05, 0) is 33.4 Å². The van der Waals surface area contributed by atoms with E-state index in [1.54, 1.807) is 0 Å². The van der Waals surface area contributed by atoms with Gasteiger partial charge >= 0.3 is 0 Å². The van der Waals surface area contributed by atoms with Gasteiger partial charge in [-0.2, -0.15) is 0 Å². The number of likely N-dealkylation sites (N-methyl/N-ethyl adjacent to an activating group) is 1. The Hall–Kier alpha value is -0.690. The maximum atomic E-state index is 6.22. The molecule has 1 fully saturated rings. The van der Waals surface area contributed by atoms with E-state index in [-0.39, 0.29) is 6.04 Å². The van der Waals surface area contributed by atoms with E-state index in [2.05, 4.69) is 28.8 Å². The minimum atomic E-state index is 0.224. The van der Waals surface area contributed by atoms with Crippen LogP contribution in [0.5, 0.6) is 0 Å². The minimum Gasteiger partial charge on any atom is -0.346 e. The molecule has 1 saturated heterocycles. The minimum absolute atomic E-state index is 0.224. The predicted octanol–water partition coefficient (Wildman–Crippen LogP) is 1.16. The highest BCUT2D eigenvalue weighted by molar-refractivity contribution is 7.15. The standard InChI is InChI=1S/C15H27N5S/c1-18(2)6-7-19-8-10-20(11-9-19)15-17-13-5-3-4-12(16)14(13)21-15/h12H,3-11,16H2,1-2H3. The average molecular weight is 309 g/mol. The molecule has 0 aromatic carbocycles. The number of rotatable bonds is 4. The number of thiazole rings is 1. The van der Waals surface area contributed by atoms with Gasteiger partial charge in [-0.1, -0.05) is 11.3 Å². The molecule has 1 atom stereocenters. The Morgan fingerprint density at radius 2 is 2.05 bits per heavy atom. The fraction of sp³-hybridized carbons (Fsp3) is 0.800. The van der Waals surface area contributed by atoms with E-state index in [0.29, 0.717) is 0 Å². The Kier molecular flexibility index (Phi) is 4.78. The van der Waals surface area contributed by atoms with E-state index in [1.165, 1.54) is 28.7 Å². The molecule has 21 heavy (non-hydrogen) atoms. The molecule has 0 amide bonds. The number of fused-ring (bicyclic) bond motifs is 1. The van der Waals surface area contributed by atoms with Crippen molar-refractivity contribution in [3.63, 3.8) is 0 Å². The zero-order chi connectivity index (χ0) is 14.8. The fourth-order valence-corrected chi connectivity index (χ4v) is 4.28. The van der Waals surface area contributed by atoms with Crippen molar-refractivity contribution in [3.8, 4) is 0 Å². The molecule has 2 heterocycles. The van der Waals surface area contributed by atoms with Crippen molar-refractivity contribution in [2.24, 2.45) is 5.73 Å². The molecular formula is C15H27N5S. The lowest BCUT2D eigenvalue weighted by atomic mass is 9.99. The number of nitrogens with zero attached hydrogens (tertiary/aromatic N) is 4. The van der Waals surface area contributed by atoms with Crippen LogP contribution in [0.1, 0.15) is 29.5 Å². The number of aromatic nitrogens is 1. The van der Waals surface area contributed by atoms with Crippen LogP contribution in [0.25, 0.3) is 0 Å². The van der Waals surface area contributed by atoms with E-state index < -0.39 is 0 Å². The van der Waals surface area contributed by atoms with Crippen LogP contribution in [-0.4, -0.2) is 68.1 Å². The SMILES string of the molecule is CN(C)CCN1CCN(c2nc3c(s2)C(N)CCC3)CC1. The topological polar surface area (TPSA) is 48.6 Å². The molecule has 3 rings (SSSR count). The maximum Gasteiger partial charge on any atom is 0.185 e. The van der Waals surface area contributed by atoms with Crippen LogP contribution in [0.15, 0.2) is 0 Å². The third kappa shape index (κ3) is 3.56. The Bertz CT molecular complexity index is 465. The summed E-state index contributed by atoms with van der Waals surface area (Å²) in [5, 5.41) is 1.20. The molecule has 5 nitrogen and oxygen atoms in total. The monoisotopic (exact) mass is 309 g/mol. The largest absolute Gasteiger partial charge is 0.346 e. The van der Waals surface area contributed by atoms with Crippen LogP contribution in [0.4, 0.5) is 5.13 Å². The number of piperazine rings is 1. The van der Waals surface area contributed by atoms with Crippen LogP contribution in [0.2, 0.25) is 0 Å². The first kappa shape index (κ1) is 15.2. The quantitative estimate of drug-likeness (QED) is 0.904. The van der Waals surface area contributed by atoms with E-state index in [1.807, 2.05) is 11.3 Å². The molecule has 6 heteroatoms. The van der Waals surface area contributed by atoms with Crippen molar-refractivity contribution in [1.82, 2.24) is 14.8 Å². The summed E-state index contributed by atoms with van der Waals surface area (Å²) in [4.78, 5) is 13.5. The van der Waals surface area contributed by atoms with Crippen LogP contribution >= 0.6 is 11.3 Å². The molecule has 1 aromatic rings. The summed E-state index contributed by atoms with van der Waals surface area (Å²) in [5.41, 5.74) is 7.49. The van der Waals surface area contributed by atoms with Crippen molar-refractivity contribution < 1.29 is 0 Å². The molecule has 1 aliphatic carbocycles. The van der Waals surface area contributed by atoms with Gasteiger partial charge in [0.25, 0.3) is 0 Å². The summed E-state index contributed by atoms with van der Waals surface area (Å²) in [5.74, 6) is 0. The van der Waals surface area contributed by atoms with Crippen molar-refractivity contribution in [2.75, 3.05) is 58.3 Å². The second-order valence-electron chi connectivity index (χ2n) is 6.44. The molecule has 0 saturated carbocycles. The molecular weight excluding hydrogens is 282 g/mol. The first-order valence-electron chi connectivity index (χ1n) is 8.00. The highest BCUT2D eigenvalue weighted by atomic mass is 32.1. The second kappa shape index (κ2) is 6.60. The molecule has 1 aliphatic heterocycles. The van der Waals surface area contributed by atoms with Gasteiger partial charge in [0, 0.05) is 50.2 Å². The molecule has 1 aromatic heterocycles. The van der Waals surface area contributed by atoms with Gasteiger partial charge in [-0.3, -0.25) is 4.90 Å². The highest BCUT2D eigenvalue weighted by Gasteiger charge is 2.25. The van der Waals surface area contributed by atoms with Crippen LogP contribution < -0.4 is 10.6 Å². The van der Waals surface area contributed by atoms with Gasteiger partial charge in [0.05, 0.1) is 5.69 Å². The van der Waals surface area contributed by atoms with Gasteiger partial charge in [-0.15, -0.1) is 0 Å². The van der Waals surface area contributed by atoms with Crippen molar-refractivity contribution in [3.05, 3.63) is 10.6 Å². The highest BCUT2D eigenvalue weighted by Crippen LogP contribution is 2.36. The van der Waals surface area contributed by atoms with Crippen molar-refractivity contribution in [1.29, 1.82) is 0 Å². The Balaban J connectivity index is 1.57. The van der Waals surface area contributed by atoms with Gasteiger partial charge in [0.1, 0.15) is 0 Å². The molecule has 2 aliphatic rings. The molecule has 0 bridgehead atoms. The van der Waals surface area contributed by atoms with Gasteiger partial charge in [-0.25, -0.2) is 4.98 Å². The third-order valence-corrected chi connectivity index (χ3v) is 5.78. The lowest BCUT2D eigenvalue weighted by molar-refractivity contribution is 0.229. The second-order valence-corrected chi connectivity index (χ2v) is 7.45. The summed E-state index contributed by atoms with van der Waals surface area (Å²) < 4.78 is 0. The smallest absolute Gasteiger partial charge is 0.185 e. The van der Waals surface area contributed by atoms with E-state index in [0.717, 1.165) is 45.6 Å². The molecule has 1 unspecified atom stereocenters. The van der Waals surface area contributed by atoms with Crippen molar-refractivity contribution in [2.45, 2.75) is 25.3 Å². The molecule has 2 N–H and O–H groups in total. The van der Waals surface area contributed by atoms with Crippen LogP contribution in [0.3, 0.4) is 0 Å². The Morgan fingerprint density at radius 1 is 1.29 bits per heavy atom. The van der Waals surface area contributed by atoms with E-state index in [4.69, 9.17) is 10.7 Å². The van der Waals surface area contributed by atoms with Crippen LogP contribution in [0, 0.1) is 0 Å². The summed E-state index contributed by atoms with van der Waals surface area (Å²) in [7, 11) is 4.28. The predicted molar refractivity (Wildman–Crippen MR) is 89.2 cm³/mol. The Labute approximate surface area is 131 Å². The number of nitrogens with two attached hydrogens (primary N) is 1. The lowest BCUT2D eigenvalue weighted by Gasteiger charge is -2.35. The zero-order valence-corrected chi connectivity index (χ0v) is 14.0. The number of aryl methyl sites for hydroxylation is 1. The molecule has 118 valence electrons. The van der Waals surface area contributed by atoms with Gasteiger partial charge < -0.3 is 15.5 Å². The van der Waals surface area contributed by atoms with Crippen molar-refractivity contribution >= 4 is 16.5 Å². The number of anilines is 1. The first-order chi connectivity index (χ1) is 10.1. The first-order valence-corrected chi connectivity index (χ1v) is 8.82. The maximum absolute atomic E-state index is 6.22. The Morgan fingerprint density at radius 3 is 2.71 bits per heavy atom. The van der Waals surface area contributed by atoms with Gasteiger partial charge in [0.2, 0.25) is 0 Å². The normalized spacial score (nSPS) is 23.6. The summed E-state index contributed by atoms with van der Waals surface area (Å²) in [6.45, 7) is 6.78. The summed E-state index contributed by atoms with van der Waals surface area (Å²) >= 11 is 1.83. The molecule has 0 spiro atoms. The van der Waals surface area contributed by atoms with E-state index >= 15 is 0 Å². The average Bonchev–Trinajstić information content (AvgIpc) is 2.91. The lowest BCUT2D eigenvalue weighted by Crippen LogP contribution is -2.48. The summed E-state index contributed by atoms with van der Waals surface area (Å²) in [6, 6.07) is 0.224. The zero-order valence-electron chi connectivity index (χ0n) is 13.2. The number of hydrogen-bond donors (Lipinski definition) is 1. The summed E-state index contributed by atoms with van der Waals surface area (Å²) in [6.07, 6.45) is 3.42. The van der Waals surface area contributed by atoms with Crippen LogP contribution in [-0.2, 0) is 6.42 Å². The third-order valence-electron chi connectivity index (χ3n) is 4.49. The van der Waals surface area contributed by atoms with E-state index in [9.17, 15) is 0 Å². The fourth-order valence-electron chi connectivity index (χ4n) is 3.08. The van der Waals surface area contributed by atoms with Gasteiger partial charge in [0.15, 0.2) is 5.13 Å².